The van der Waals surface area contributed by atoms with E-state index in [-0.39, 0.29) is 16.6 Å². The monoisotopic (exact) mass is 486 g/mol. The van der Waals surface area contributed by atoms with Crippen molar-refractivity contribution < 1.29 is 24.5 Å². The van der Waals surface area contributed by atoms with Crippen LogP contribution in [-0.4, -0.2) is 23.3 Å². The van der Waals surface area contributed by atoms with Crippen LogP contribution in [0, 0.1) is 0 Å². The number of hydrogen-bond acceptors (Lipinski definition) is 4. The summed E-state index contributed by atoms with van der Waals surface area (Å²) in [5.74, 6) is 0.531. The van der Waals surface area contributed by atoms with E-state index in [1.54, 1.807) is 25.3 Å². The van der Waals surface area contributed by atoms with E-state index in [1.807, 2.05) is 24.3 Å². The van der Waals surface area contributed by atoms with Crippen LogP contribution in [0.5, 0.6) is 17.2 Å². The van der Waals surface area contributed by atoms with Crippen molar-refractivity contribution in [2.75, 3.05) is 7.11 Å². The number of aromatic hydroxyl groups is 1. The van der Waals surface area contributed by atoms with Crippen molar-refractivity contribution in [1.29, 1.82) is 0 Å². The number of aliphatic carboxylic acids is 1. The molecule has 0 fully saturated rings. The van der Waals surface area contributed by atoms with Gasteiger partial charge < -0.3 is 19.7 Å². The second kappa shape index (κ2) is 9.73. The van der Waals surface area contributed by atoms with Crippen LogP contribution < -0.4 is 9.47 Å². The number of hydrogen-bond donors (Lipinski definition) is 2. The highest BCUT2D eigenvalue weighted by Gasteiger charge is 2.38. The number of phenolic OH excluding ortho intramolecular Hbond substituents is 1. The van der Waals surface area contributed by atoms with Crippen LogP contribution in [0.4, 0.5) is 0 Å². The molecule has 1 aliphatic carbocycles. The van der Waals surface area contributed by atoms with E-state index in [0.717, 1.165) is 35.8 Å². The molecule has 0 bridgehead atoms. The number of ether oxygens (including phenoxy) is 2. The van der Waals surface area contributed by atoms with E-state index in [1.165, 1.54) is 17.2 Å². The molecule has 36 heavy (non-hydrogen) atoms. The average molecular weight is 487 g/mol. The molecule has 1 aliphatic rings. The number of rotatable bonds is 7. The van der Waals surface area contributed by atoms with E-state index < -0.39 is 5.97 Å². The largest absolute Gasteiger partial charge is 0.507 e. The Labute approximate surface area is 213 Å². The molecule has 5 heteroatoms. The minimum absolute atomic E-state index is 0.00835. The number of carboxylic acids is 1. The molecule has 0 atom stereocenters. The molecule has 0 spiro atoms. The highest BCUT2D eigenvalue weighted by atomic mass is 16.5. The third-order valence-corrected chi connectivity index (χ3v) is 7.21. The summed E-state index contributed by atoms with van der Waals surface area (Å²) in [7, 11) is 1.64. The van der Waals surface area contributed by atoms with Crippen molar-refractivity contribution in [2.24, 2.45) is 0 Å². The molecule has 0 amide bonds. The minimum Gasteiger partial charge on any atom is -0.507 e. The molecule has 3 aromatic carbocycles. The van der Waals surface area contributed by atoms with E-state index in [4.69, 9.17) is 14.6 Å². The van der Waals surface area contributed by atoms with Crippen LogP contribution in [0.3, 0.4) is 0 Å². The molecule has 188 valence electrons. The van der Waals surface area contributed by atoms with Crippen molar-refractivity contribution in [2.45, 2.75) is 58.0 Å². The molecular weight excluding hydrogens is 452 g/mol. The Morgan fingerprint density at radius 1 is 0.944 bits per heavy atom. The smallest absolute Gasteiger partial charge is 0.328 e. The summed E-state index contributed by atoms with van der Waals surface area (Å²) in [6.45, 7) is 9.38. The zero-order chi connectivity index (χ0) is 26.1. The third-order valence-electron chi connectivity index (χ3n) is 7.21. The quantitative estimate of drug-likeness (QED) is 0.349. The first kappa shape index (κ1) is 25.4. The fourth-order valence-electron chi connectivity index (χ4n) is 4.89. The second-order valence-corrected chi connectivity index (χ2v) is 10.8. The van der Waals surface area contributed by atoms with Gasteiger partial charge in [0.1, 0.15) is 23.9 Å². The van der Waals surface area contributed by atoms with Crippen molar-refractivity contribution in [3.05, 3.63) is 82.9 Å². The van der Waals surface area contributed by atoms with Crippen LogP contribution >= 0.6 is 0 Å². The van der Waals surface area contributed by atoms with Gasteiger partial charge in [0.05, 0.1) is 7.11 Å². The summed E-state index contributed by atoms with van der Waals surface area (Å²) < 4.78 is 11.8. The third kappa shape index (κ3) is 5.25. The van der Waals surface area contributed by atoms with Crippen LogP contribution in [0.1, 0.15) is 62.8 Å². The van der Waals surface area contributed by atoms with E-state index in [9.17, 15) is 9.90 Å². The maximum absolute atomic E-state index is 11.0. The van der Waals surface area contributed by atoms with Crippen LogP contribution in [0.2, 0.25) is 0 Å². The van der Waals surface area contributed by atoms with Crippen molar-refractivity contribution in [3.63, 3.8) is 0 Å². The number of fused-ring (bicyclic) bond motifs is 1. The summed E-state index contributed by atoms with van der Waals surface area (Å²) in [6, 6.07) is 17.1. The van der Waals surface area contributed by atoms with Gasteiger partial charge in [-0.15, -0.1) is 0 Å². The number of carboxylic acid groups (broad SMARTS) is 1. The van der Waals surface area contributed by atoms with Crippen molar-refractivity contribution in [1.82, 2.24) is 0 Å². The first-order valence-electron chi connectivity index (χ1n) is 12.2. The molecule has 0 unspecified atom stereocenters. The lowest BCUT2D eigenvalue weighted by molar-refractivity contribution is -0.131. The van der Waals surface area contributed by atoms with Gasteiger partial charge in [-0.3, -0.25) is 0 Å². The fourth-order valence-corrected chi connectivity index (χ4v) is 4.89. The Bertz CT molecular complexity index is 1320. The van der Waals surface area contributed by atoms with Crippen LogP contribution in [0.15, 0.2) is 60.7 Å². The normalized spacial score (nSPS) is 15.9. The van der Waals surface area contributed by atoms with Gasteiger partial charge in [0.15, 0.2) is 0 Å². The fraction of sp³-hybridized carbons (Fsp3) is 0.323. The van der Waals surface area contributed by atoms with Crippen LogP contribution in [0.25, 0.3) is 17.2 Å². The summed E-state index contributed by atoms with van der Waals surface area (Å²) in [6.07, 6.45) is 4.74. The Hall–Kier alpha value is -3.73. The van der Waals surface area contributed by atoms with Crippen molar-refractivity contribution >= 4 is 12.0 Å². The van der Waals surface area contributed by atoms with E-state index >= 15 is 0 Å². The van der Waals surface area contributed by atoms with Crippen molar-refractivity contribution in [3.8, 4) is 28.4 Å². The number of methoxy groups -OCH3 is 1. The molecule has 0 radical (unpaired) electrons. The SMILES string of the molecule is COc1cccc(COc2cc3c(cc2-c2cc(/C=C/C(=O)O)ccc2O)C(C)(C)CCC3(C)C)c1. The molecule has 4 rings (SSSR count). The number of phenols is 1. The Morgan fingerprint density at radius 3 is 2.31 bits per heavy atom. The van der Waals surface area contributed by atoms with Gasteiger partial charge in [0.25, 0.3) is 0 Å². The molecule has 0 aromatic heterocycles. The lowest BCUT2D eigenvalue weighted by atomic mass is 9.62. The maximum Gasteiger partial charge on any atom is 0.328 e. The Morgan fingerprint density at radius 2 is 1.64 bits per heavy atom. The molecule has 5 nitrogen and oxygen atoms in total. The van der Waals surface area contributed by atoms with Crippen LogP contribution in [-0.2, 0) is 22.2 Å². The summed E-state index contributed by atoms with van der Waals surface area (Å²) in [5.41, 5.74) is 5.50. The maximum atomic E-state index is 11.0. The first-order valence-corrected chi connectivity index (χ1v) is 12.2. The van der Waals surface area contributed by atoms with Gasteiger partial charge in [-0.25, -0.2) is 4.79 Å². The Kier molecular flexibility index (Phi) is 6.85. The summed E-state index contributed by atoms with van der Waals surface area (Å²) >= 11 is 0. The van der Waals surface area contributed by atoms with Gasteiger partial charge in [-0.05, 0) is 88.4 Å². The van der Waals surface area contributed by atoms with Gasteiger partial charge >= 0.3 is 5.97 Å². The molecule has 0 aliphatic heterocycles. The average Bonchev–Trinajstić information content (AvgIpc) is 2.85. The topological polar surface area (TPSA) is 76.0 Å². The highest BCUT2D eigenvalue weighted by molar-refractivity contribution is 5.86. The predicted octanol–water partition coefficient (Wildman–Crippen LogP) is 7.09. The molecule has 0 saturated carbocycles. The zero-order valence-corrected chi connectivity index (χ0v) is 21.6. The molecular formula is C31H34O5. The lowest BCUT2D eigenvalue weighted by Crippen LogP contribution is -2.33. The number of carbonyl (C=O) groups is 1. The minimum atomic E-state index is -1.02. The van der Waals surface area contributed by atoms with E-state index in [0.29, 0.717) is 23.5 Å². The molecule has 2 N–H and O–H groups in total. The molecule has 3 aromatic rings. The summed E-state index contributed by atoms with van der Waals surface area (Å²) in [5, 5.41) is 19.9. The summed E-state index contributed by atoms with van der Waals surface area (Å²) in [4.78, 5) is 11.0. The predicted molar refractivity (Wildman–Crippen MR) is 143 cm³/mol. The zero-order valence-electron chi connectivity index (χ0n) is 21.6. The van der Waals surface area contributed by atoms with Gasteiger partial charge in [-0.2, -0.15) is 0 Å². The Balaban J connectivity index is 1.86. The molecule has 0 saturated heterocycles. The first-order chi connectivity index (χ1) is 17.0. The van der Waals surface area contributed by atoms with E-state index in [2.05, 4.69) is 39.8 Å². The van der Waals surface area contributed by atoms with Gasteiger partial charge in [-0.1, -0.05) is 45.9 Å². The highest BCUT2D eigenvalue weighted by Crippen LogP contribution is 2.50. The second-order valence-electron chi connectivity index (χ2n) is 10.8. The standard InChI is InChI=1S/C31H34O5/c1-30(2)13-14-31(3,4)26-18-28(36-19-21-7-6-8-22(15-21)35-5)24(17-25(26)30)23-16-20(9-11-27(23)32)10-12-29(33)34/h6-12,15-18,32H,13-14,19H2,1-5H3,(H,33,34)/b12-10+. The van der Waals surface area contributed by atoms with Gasteiger partial charge in [0.2, 0.25) is 0 Å². The lowest BCUT2D eigenvalue weighted by Gasteiger charge is -2.42. The van der Waals surface area contributed by atoms with Gasteiger partial charge in [0, 0.05) is 17.2 Å². The number of benzene rings is 3. The molecule has 0 heterocycles.